The normalized spacial score (nSPS) is 22.3. The van der Waals surface area contributed by atoms with Crippen molar-refractivity contribution in [3.8, 4) is 5.75 Å². The number of ether oxygens (including phenoxy) is 2. The van der Waals surface area contributed by atoms with Crippen molar-refractivity contribution in [3.63, 3.8) is 0 Å². The third-order valence-corrected chi connectivity index (χ3v) is 10.6. The lowest BCUT2D eigenvalue weighted by atomic mass is 9.99. The SMILES string of the molecule is C=C(c1c(N(C=O)CC(OC2CC3CC(C)CC3C2)c2ccccc2OC)sc(C(N)=O)c1C)N(C)C(C)(C)C(=O)O. The minimum absolute atomic E-state index is 0.0547. The molecule has 3 unspecified atom stereocenters. The highest BCUT2D eigenvalue weighted by Gasteiger charge is 2.42. The first-order chi connectivity index (χ1) is 19.8. The van der Waals surface area contributed by atoms with Gasteiger partial charge >= 0.3 is 5.97 Å². The summed E-state index contributed by atoms with van der Waals surface area (Å²) < 4.78 is 12.5. The summed E-state index contributed by atoms with van der Waals surface area (Å²) in [5.74, 6) is 1.05. The smallest absolute Gasteiger partial charge is 0.328 e. The van der Waals surface area contributed by atoms with Crippen LogP contribution >= 0.6 is 11.3 Å². The molecule has 10 heteroatoms. The van der Waals surface area contributed by atoms with E-state index in [9.17, 15) is 19.5 Å². The molecule has 2 aliphatic rings. The monoisotopic (exact) mass is 597 g/mol. The average Bonchev–Trinajstić information content (AvgIpc) is 3.60. The van der Waals surface area contributed by atoms with E-state index in [0.717, 1.165) is 35.7 Å². The summed E-state index contributed by atoms with van der Waals surface area (Å²) in [5, 5.41) is 10.3. The fraction of sp³-hybridized carbons (Fsp3) is 0.531. The molecule has 3 N–H and O–H groups in total. The fourth-order valence-corrected chi connectivity index (χ4v) is 7.79. The first-order valence-corrected chi connectivity index (χ1v) is 15.2. The van der Waals surface area contributed by atoms with Crippen LogP contribution in [-0.4, -0.2) is 60.6 Å². The number of benzene rings is 1. The van der Waals surface area contributed by atoms with E-state index in [1.165, 1.54) is 22.6 Å². The number of carbonyl (C=O) groups excluding carboxylic acids is 2. The number of nitrogens with two attached hydrogens (primary N) is 1. The number of carboxylic acid groups (broad SMARTS) is 1. The van der Waals surface area contributed by atoms with Crippen LogP contribution in [0.2, 0.25) is 0 Å². The quantitative estimate of drug-likeness (QED) is 0.293. The number of rotatable bonds is 13. The molecule has 42 heavy (non-hydrogen) atoms. The number of hydrogen-bond acceptors (Lipinski definition) is 7. The number of para-hydroxylation sites is 1. The lowest BCUT2D eigenvalue weighted by Gasteiger charge is -2.36. The Morgan fingerprint density at radius 2 is 1.83 bits per heavy atom. The van der Waals surface area contributed by atoms with Crippen LogP contribution in [0.3, 0.4) is 0 Å². The molecule has 4 rings (SSSR count). The van der Waals surface area contributed by atoms with Crippen molar-refractivity contribution in [2.45, 2.75) is 71.1 Å². The van der Waals surface area contributed by atoms with Gasteiger partial charge < -0.3 is 30.1 Å². The predicted octanol–water partition coefficient (Wildman–Crippen LogP) is 5.48. The Labute approximate surface area is 252 Å². The largest absolute Gasteiger partial charge is 0.496 e. The molecule has 0 aliphatic heterocycles. The summed E-state index contributed by atoms with van der Waals surface area (Å²) in [4.78, 5) is 40.6. The maximum atomic E-state index is 12.8. The summed E-state index contributed by atoms with van der Waals surface area (Å²) in [6.07, 6.45) is 4.68. The van der Waals surface area contributed by atoms with Crippen molar-refractivity contribution in [2.75, 3.05) is 25.6 Å². The Morgan fingerprint density at radius 3 is 2.38 bits per heavy atom. The first kappa shape index (κ1) is 31.6. The third-order valence-electron chi connectivity index (χ3n) is 9.21. The van der Waals surface area contributed by atoms with Gasteiger partial charge in [0, 0.05) is 23.9 Å². The third kappa shape index (κ3) is 6.06. The summed E-state index contributed by atoms with van der Waals surface area (Å²) in [5.41, 5.74) is 6.65. The molecular formula is C32H43N3O6S. The number of thiophene rings is 1. The summed E-state index contributed by atoms with van der Waals surface area (Å²) in [7, 11) is 3.24. The van der Waals surface area contributed by atoms with Crippen LogP contribution in [0.5, 0.6) is 5.75 Å². The number of fused-ring (bicyclic) bond motifs is 1. The molecule has 2 aromatic rings. The number of amides is 2. The van der Waals surface area contributed by atoms with Gasteiger partial charge in [0.05, 0.1) is 24.6 Å². The van der Waals surface area contributed by atoms with Crippen LogP contribution in [0.25, 0.3) is 5.70 Å². The van der Waals surface area contributed by atoms with E-state index in [4.69, 9.17) is 15.2 Å². The first-order valence-electron chi connectivity index (χ1n) is 14.4. The van der Waals surface area contributed by atoms with Crippen molar-refractivity contribution in [1.82, 2.24) is 4.90 Å². The number of carboxylic acids is 1. The van der Waals surface area contributed by atoms with Gasteiger partial charge in [-0.05, 0) is 75.8 Å². The molecule has 0 saturated heterocycles. The molecule has 2 saturated carbocycles. The van der Waals surface area contributed by atoms with E-state index in [2.05, 4.69) is 13.5 Å². The van der Waals surface area contributed by atoms with E-state index in [-0.39, 0.29) is 17.5 Å². The minimum Gasteiger partial charge on any atom is -0.496 e. The lowest BCUT2D eigenvalue weighted by molar-refractivity contribution is -0.146. The Balaban J connectivity index is 1.73. The zero-order valence-electron chi connectivity index (χ0n) is 25.4. The Morgan fingerprint density at radius 1 is 1.21 bits per heavy atom. The van der Waals surface area contributed by atoms with Crippen molar-refractivity contribution < 1.29 is 29.0 Å². The fourth-order valence-electron chi connectivity index (χ4n) is 6.63. The van der Waals surface area contributed by atoms with Gasteiger partial charge in [-0.25, -0.2) is 4.79 Å². The molecule has 228 valence electrons. The topological polar surface area (TPSA) is 122 Å². The molecule has 1 aromatic carbocycles. The second-order valence-electron chi connectivity index (χ2n) is 12.3. The molecule has 1 heterocycles. The summed E-state index contributed by atoms with van der Waals surface area (Å²) in [6.45, 7) is 11.5. The predicted molar refractivity (Wildman–Crippen MR) is 165 cm³/mol. The standard InChI is InChI=1S/C32H43N3O6S/c1-18-12-21-14-23(15-22(21)13-18)41-26(24-10-8-9-11-25(24)40-7)16-35(17-36)30-27(19(2)28(42-30)29(33)37)20(3)34(6)32(4,5)31(38)39/h8-11,17-18,21-23,26H,3,12-16H2,1-2,4-7H3,(H2,33,37)(H,38,39). The molecule has 0 bridgehead atoms. The molecule has 2 aliphatic carbocycles. The highest BCUT2D eigenvalue weighted by Crippen LogP contribution is 2.49. The van der Waals surface area contributed by atoms with E-state index in [0.29, 0.717) is 45.8 Å². The van der Waals surface area contributed by atoms with E-state index in [1.54, 1.807) is 34.9 Å². The number of aliphatic carboxylic acids is 1. The highest BCUT2D eigenvalue weighted by atomic mass is 32.1. The zero-order valence-corrected chi connectivity index (χ0v) is 26.2. The van der Waals surface area contributed by atoms with E-state index < -0.39 is 23.5 Å². The van der Waals surface area contributed by atoms with E-state index in [1.807, 2.05) is 24.3 Å². The number of carbonyl (C=O) groups is 3. The van der Waals surface area contributed by atoms with Crippen molar-refractivity contribution >= 4 is 40.3 Å². The summed E-state index contributed by atoms with van der Waals surface area (Å²) >= 11 is 1.09. The Kier molecular flexibility index (Phi) is 9.37. The van der Waals surface area contributed by atoms with Crippen molar-refractivity contribution in [2.24, 2.45) is 23.5 Å². The molecule has 0 spiro atoms. The maximum absolute atomic E-state index is 12.8. The van der Waals surface area contributed by atoms with Crippen LogP contribution in [0.1, 0.15) is 78.9 Å². The molecule has 3 atom stereocenters. The van der Waals surface area contributed by atoms with Crippen LogP contribution in [0, 0.1) is 24.7 Å². The van der Waals surface area contributed by atoms with E-state index >= 15 is 0 Å². The average molecular weight is 598 g/mol. The van der Waals surface area contributed by atoms with Crippen molar-refractivity contribution in [1.29, 1.82) is 0 Å². The molecule has 0 radical (unpaired) electrons. The minimum atomic E-state index is -1.30. The maximum Gasteiger partial charge on any atom is 0.328 e. The van der Waals surface area contributed by atoms with Crippen LogP contribution < -0.4 is 15.4 Å². The Hall–Kier alpha value is -3.37. The summed E-state index contributed by atoms with van der Waals surface area (Å²) in [6, 6.07) is 7.63. The number of hydrogen-bond donors (Lipinski definition) is 2. The molecular weight excluding hydrogens is 554 g/mol. The van der Waals surface area contributed by atoms with Crippen LogP contribution in [0.4, 0.5) is 5.00 Å². The van der Waals surface area contributed by atoms with Crippen molar-refractivity contribution in [3.05, 3.63) is 52.4 Å². The number of likely N-dealkylation sites (N-methyl/N-ethyl adjacent to an activating group) is 1. The second kappa shape index (κ2) is 12.5. The zero-order chi connectivity index (χ0) is 30.9. The number of anilines is 1. The molecule has 9 nitrogen and oxygen atoms in total. The molecule has 1 aromatic heterocycles. The van der Waals surface area contributed by atoms with Crippen LogP contribution in [0.15, 0.2) is 30.8 Å². The Bertz CT molecular complexity index is 1340. The van der Waals surface area contributed by atoms with Gasteiger partial charge in [0.25, 0.3) is 5.91 Å². The number of nitrogens with zero attached hydrogens (tertiary/aromatic N) is 2. The van der Waals surface area contributed by atoms with Gasteiger partial charge in [0.2, 0.25) is 6.41 Å². The number of methoxy groups -OCH3 is 1. The van der Waals surface area contributed by atoms with Gasteiger partial charge in [0.15, 0.2) is 0 Å². The van der Waals surface area contributed by atoms with Crippen LogP contribution in [-0.2, 0) is 14.3 Å². The lowest BCUT2D eigenvalue weighted by Crippen LogP contribution is -2.46. The highest BCUT2D eigenvalue weighted by molar-refractivity contribution is 7.18. The van der Waals surface area contributed by atoms with Gasteiger partial charge in [-0.15, -0.1) is 11.3 Å². The van der Waals surface area contributed by atoms with Gasteiger partial charge in [0.1, 0.15) is 22.4 Å². The van der Waals surface area contributed by atoms with Gasteiger partial charge in [-0.1, -0.05) is 31.7 Å². The second-order valence-corrected chi connectivity index (χ2v) is 13.3. The number of primary amides is 1. The van der Waals surface area contributed by atoms with Gasteiger partial charge in [-0.2, -0.15) is 0 Å². The molecule has 2 amide bonds. The molecule has 2 fully saturated rings. The van der Waals surface area contributed by atoms with Gasteiger partial charge in [-0.3, -0.25) is 9.59 Å².